The molecule has 3 aromatic rings. The zero-order valence-electron chi connectivity index (χ0n) is 26.8. The lowest BCUT2D eigenvalue weighted by molar-refractivity contribution is 0.0482. The van der Waals surface area contributed by atoms with Crippen LogP contribution in [-0.2, 0) is 16.0 Å². The van der Waals surface area contributed by atoms with Crippen LogP contribution in [-0.4, -0.2) is 119 Å². The minimum absolute atomic E-state index is 0.0213. The highest BCUT2D eigenvalue weighted by molar-refractivity contribution is 6.12. The van der Waals surface area contributed by atoms with Gasteiger partial charge in [-0.15, -0.1) is 4.98 Å². The normalized spacial score (nSPS) is 18.5. The second kappa shape index (κ2) is 14.0. The highest BCUT2D eigenvalue weighted by Gasteiger charge is 2.45. The molecule has 0 saturated carbocycles. The SMILES string of the molecule is [C-]#[N+]c1ncccc1CN1c2nc(-c3cnc(N4CCN5C(=O)N(CCCOCCOCCN)C[C@@H]5C4)nc3)ccc2C(=O)C1(C)C. The topological polar surface area (TPSA) is 148 Å². The van der Waals surface area contributed by atoms with Crippen LogP contribution in [0.1, 0.15) is 36.2 Å². The highest BCUT2D eigenvalue weighted by atomic mass is 16.5. The number of ether oxygens (including phenoxy) is 2. The summed E-state index contributed by atoms with van der Waals surface area (Å²) in [7, 11) is 0. The lowest BCUT2D eigenvalue weighted by Gasteiger charge is -2.36. The first-order valence-electron chi connectivity index (χ1n) is 15.9. The van der Waals surface area contributed by atoms with Gasteiger partial charge in [-0.1, -0.05) is 12.6 Å². The second-order valence-corrected chi connectivity index (χ2v) is 12.3. The van der Waals surface area contributed by atoms with E-state index in [9.17, 15) is 9.59 Å². The third-order valence-electron chi connectivity index (χ3n) is 8.91. The van der Waals surface area contributed by atoms with Crippen LogP contribution in [0.15, 0.2) is 42.9 Å². The molecular weight excluding hydrogens is 600 g/mol. The molecule has 0 bridgehead atoms. The Morgan fingerprint density at radius 2 is 1.81 bits per heavy atom. The first-order chi connectivity index (χ1) is 22.8. The number of anilines is 2. The van der Waals surface area contributed by atoms with Gasteiger partial charge in [0.25, 0.3) is 5.82 Å². The van der Waals surface area contributed by atoms with Gasteiger partial charge in [0.15, 0.2) is 5.78 Å². The van der Waals surface area contributed by atoms with E-state index in [2.05, 4.69) is 24.7 Å². The molecule has 2 amide bonds. The van der Waals surface area contributed by atoms with Gasteiger partial charge in [-0.25, -0.2) is 19.7 Å². The van der Waals surface area contributed by atoms with Crippen molar-refractivity contribution in [2.75, 3.05) is 75.5 Å². The van der Waals surface area contributed by atoms with Crippen molar-refractivity contribution in [3.05, 3.63) is 65.4 Å². The molecule has 3 aromatic heterocycles. The molecule has 47 heavy (non-hydrogen) atoms. The quantitative estimate of drug-likeness (QED) is 0.217. The number of nitrogens with two attached hydrogens (primary N) is 1. The molecule has 14 nitrogen and oxygen atoms in total. The van der Waals surface area contributed by atoms with Crippen LogP contribution in [0.25, 0.3) is 16.1 Å². The smallest absolute Gasteiger partial charge is 0.320 e. The summed E-state index contributed by atoms with van der Waals surface area (Å²) in [5, 5.41) is 0. The standard InChI is InChI=1S/C33H40N10O4/c1-33(2)28(44)26-7-8-27(39-30(26)43(33)20-23-6-4-10-36-29(23)35-3)24-18-37-31(38-19-24)40-12-13-42-25(21-40)22-41(32(42)45)11-5-14-46-16-17-47-15-9-34/h4,6-8,10,18-19,25H,5,9,11-17,20-22,34H2,1-2H3/t25-/m0/s1. The summed E-state index contributed by atoms with van der Waals surface area (Å²) in [5.74, 6) is 1.46. The summed E-state index contributed by atoms with van der Waals surface area (Å²) in [5.41, 5.74) is 7.23. The Morgan fingerprint density at radius 1 is 1.02 bits per heavy atom. The number of nitrogens with zero attached hydrogens (tertiary/aromatic N) is 9. The Balaban J connectivity index is 1.08. The summed E-state index contributed by atoms with van der Waals surface area (Å²) in [6.07, 6.45) is 5.86. The molecule has 2 saturated heterocycles. The van der Waals surface area contributed by atoms with Crippen molar-refractivity contribution < 1.29 is 19.1 Å². The minimum atomic E-state index is -0.837. The van der Waals surface area contributed by atoms with Gasteiger partial charge in [-0.2, -0.15) is 0 Å². The van der Waals surface area contributed by atoms with E-state index in [4.69, 9.17) is 26.8 Å². The minimum Gasteiger partial charge on any atom is -0.379 e. The Labute approximate surface area is 274 Å². The number of carbonyl (C=O) groups excluding carboxylic acids is 2. The van der Waals surface area contributed by atoms with Gasteiger partial charge in [0.05, 0.1) is 42.7 Å². The largest absolute Gasteiger partial charge is 0.379 e. The van der Waals surface area contributed by atoms with Crippen molar-refractivity contribution in [3.8, 4) is 11.3 Å². The Bertz CT molecular complexity index is 1640. The fourth-order valence-corrected chi connectivity index (χ4v) is 6.33. The number of hydrogen-bond donors (Lipinski definition) is 1. The number of ketones is 1. The number of pyridine rings is 2. The molecule has 3 aliphatic heterocycles. The monoisotopic (exact) mass is 640 g/mol. The molecule has 2 fully saturated rings. The van der Waals surface area contributed by atoms with Gasteiger partial charge < -0.3 is 39.7 Å². The maximum Gasteiger partial charge on any atom is 0.320 e. The zero-order valence-corrected chi connectivity index (χ0v) is 26.8. The number of Topliss-reactive ketones (excluding diaryl/α,β-unsaturated/α-hetero) is 1. The average molecular weight is 641 g/mol. The van der Waals surface area contributed by atoms with Gasteiger partial charge >= 0.3 is 6.03 Å². The predicted molar refractivity (Wildman–Crippen MR) is 175 cm³/mol. The van der Waals surface area contributed by atoms with Gasteiger partial charge in [0.2, 0.25) is 5.95 Å². The molecule has 14 heteroatoms. The van der Waals surface area contributed by atoms with Gasteiger partial charge in [0.1, 0.15) is 12.0 Å². The van der Waals surface area contributed by atoms with Crippen molar-refractivity contribution in [2.45, 2.75) is 38.4 Å². The van der Waals surface area contributed by atoms with E-state index < -0.39 is 5.54 Å². The molecule has 246 valence electrons. The molecule has 1 atom stereocenters. The molecule has 0 spiro atoms. The van der Waals surface area contributed by atoms with Crippen LogP contribution in [0, 0.1) is 6.57 Å². The molecule has 0 aromatic carbocycles. The Hall–Kier alpha value is -4.71. The van der Waals surface area contributed by atoms with Gasteiger partial charge in [-0.3, -0.25) is 4.79 Å². The van der Waals surface area contributed by atoms with E-state index in [1.54, 1.807) is 30.7 Å². The van der Waals surface area contributed by atoms with Gasteiger partial charge in [0, 0.05) is 70.4 Å². The summed E-state index contributed by atoms with van der Waals surface area (Å²) >= 11 is 0. The summed E-state index contributed by atoms with van der Waals surface area (Å²) < 4.78 is 10.9. The molecule has 0 aliphatic carbocycles. The molecule has 0 radical (unpaired) electrons. The molecule has 2 N–H and O–H groups in total. The number of piperazine rings is 1. The maximum atomic E-state index is 13.4. The number of rotatable bonds is 13. The van der Waals surface area contributed by atoms with E-state index in [1.165, 1.54) is 0 Å². The first kappa shape index (κ1) is 32.2. The maximum absolute atomic E-state index is 13.4. The first-order valence-corrected chi connectivity index (χ1v) is 15.9. The van der Waals surface area contributed by atoms with E-state index in [1.807, 2.05) is 40.7 Å². The molecule has 6 rings (SSSR count). The summed E-state index contributed by atoms with van der Waals surface area (Å²) in [4.78, 5) is 56.3. The van der Waals surface area contributed by atoms with E-state index in [-0.39, 0.29) is 17.9 Å². The number of amides is 2. The lowest BCUT2D eigenvalue weighted by Crippen LogP contribution is -2.52. The predicted octanol–water partition coefficient (Wildman–Crippen LogP) is 2.77. The second-order valence-electron chi connectivity index (χ2n) is 12.3. The van der Waals surface area contributed by atoms with Crippen molar-refractivity contribution in [1.29, 1.82) is 0 Å². The fourth-order valence-electron chi connectivity index (χ4n) is 6.33. The molecular formula is C33H40N10O4. The number of carbonyl (C=O) groups is 2. The lowest BCUT2D eigenvalue weighted by atomic mass is 9.97. The van der Waals surface area contributed by atoms with Gasteiger partial charge in [-0.05, 0) is 44.0 Å². The molecule has 3 aliphatic rings. The number of fused-ring (bicyclic) bond motifs is 2. The summed E-state index contributed by atoms with van der Waals surface area (Å²) in [6, 6.07) is 7.42. The van der Waals surface area contributed by atoms with E-state index >= 15 is 0 Å². The third kappa shape index (κ3) is 6.60. The highest BCUT2D eigenvalue weighted by Crippen LogP contribution is 2.40. The third-order valence-corrected chi connectivity index (χ3v) is 8.91. The van der Waals surface area contributed by atoms with Crippen LogP contribution in [0.3, 0.4) is 0 Å². The fraction of sp³-hybridized carbons (Fsp3) is 0.485. The number of hydrogen-bond acceptors (Lipinski definition) is 11. The van der Waals surface area contributed by atoms with Crippen LogP contribution in [0.2, 0.25) is 0 Å². The van der Waals surface area contributed by atoms with Crippen LogP contribution >= 0.6 is 0 Å². The summed E-state index contributed by atoms with van der Waals surface area (Å²) in [6.45, 7) is 17.4. The zero-order chi connectivity index (χ0) is 33.0. The van der Waals surface area contributed by atoms with E-state index in [0.717, 1.165) is 17.5 Å². The van der Waals surface area contributed by atoms with Crippen molar-refractivity contribution in [3.63, 3.8) is 0 Å². The average Bonchev–Trinajstić information content (AvgIpc) is 3.50. The Morgan fingerprint density at radius 3 is 2.57 bits per heavy atom. The number of urea groups is 1. The van der Waals surface area contributed by atoms with Crippen LogP contribution in [0.5, 0.6) is 0 Å². The molecule has 6 heterocycles. The van der Waals surface area contributed by atoms with Crippen LogP contribution < -0.4 is 15.5 Å². The van der Waals surface area contributed by atoms with E-state index in [0.29, 0.717) is 101 Å². The van der Waals surface area contributed by atoms with Crippen molar-refractivity contribution >= 4 is 29.4 Å². The Kier molecular flexibility index (Phi) is 9.58. The van der Waals surface area contributed by atoms with Crippen LogP contribution in [0.4, 0.5) is 22.4 Å². The van der Waals surface area contributed by atoms with Crippen molar-refractivity contribution in [2.24, 2.45) is 5.73 Å². The molecule has 0 unspecified atom stereocenters. The van der Waals surface area contributed by atoms with Crippen molar-refractivity contribution in [1.82, 2.24) is 29.7 Å². The number of aromatic nitrogens is 4.